The van der Waals surface area contributed by atoms with E-state index in [1.807, 2.05) is 62.7 Å². The molecule has 5 nitrogen and oxygen atoms in total. The Kier molecular flexibility index (Phi) is 6.83. The monoisotopic (exact) mass is 394 g/mol. The molecule has 0 aliphatic heterocycles. The lowest BCUT2D eigenvalue weighted by Gasteiger charge is -2.27. The molecule has 2 heterocycles. The van der Waals surface area contributed by atoms with Crippen LogP contribution in [0.5, 0.6) is 0 Å². The van der Waals surface area contributed by atoms with Crippen molar-refractivity contribution in [1.82, 2.24) is 10.2 Å². The predicted octanol–water partition coefficient (Wildman–Crippen LogP) is 4.52. The molecule has 0 bridgehead atoms. The number of nitrogens with one attached hydrogen (secondary N) is 1. The van der Waals surface area contributed by atoms with Crippen LogP contribution >= 0.6 is 22.7 Å². The molecule has 0 spiro atoms. The number of ether oxygens (including phenoxy) is 1. The number of rotatable bonds is 6. The van der Waals surface area contributed by atoms with Gasteiger partial charge in [0, 0.05) is 23.3 Å². The van der Waals surface area contributed by atoms with Gasteiger partial charge in [0.25, 0.3) is 0 Å². The van der Waals surface area contributed by atoms with Crippen molar-refractivity contribution >= 4 is 34.7 Å². The summed E-state index contributed by atoms with van der Waals surface area (Å²) in [6.07, 6.45) is -0.426. The highest BCUT2D eigenvalue weighted by Gasteiger charge is 2.25. The van der Waals surface area contributed by atoms with Gasteiger partial charge in [-0.25, -0.2) is 4.79 Å². The highest BCUT2D eigenvalue weighted by molar-refractivity contribution is 7.11. The summed E-state index contributed by atoms with van der Waals surface area (Å²) in [5, 5.41) is 7.12. The van der Waals surface area contributed by atoms with Crippen molar-refractivity contribution in [1.29, 1.82) is 0 Å². The smallest absolute Gasteiger partial charge is 0.410 e. The van der Waals surface area contributed by atoms with E-state index in [1.165, 1.54) is 4.90 Å². The maximum Gasteiger partial charge on any atom is 0.410 e. The van der Waals surface area contributed by atoms with Crippen molar-refractivity contribution < 1.29 is 14.3 Å². The van der Waals surface area contributed by atoms with E-state index in [0.29, 0.717) is 6.54 Å². The first-order valence-corrected chi connectivity index (χ1v) is 10.2. The molecular formula is C19H26N2O3S2. The Hall–Kier alpha value is -1.86. The van der Waals surface area contributed by atoms with Crippen LogP contribution in [-0.4, -0.2) is 36.1 Å². The summed E-state index contributed by atoms with van der Waals surface area (Å²) in [7, 11) is 1.65. The highest BCUT2D eigenvalue weighted by atomic mass is 32.1. The number of carbonyl (C=O) groups excluding carboxylic acids is 2. The summed E-state index contributed by atoms with van der Waals surface area (Å²) in [5.74, 6) is -0.442. The maximum absolute atomic E-state index is 12.7. The maximum atomic E-state index is 12.7. The van der Waals surface area contributed by atoms with Gasteiger partial charge in [-0.1, -0.05) is 19.1 Å². The predicted molar refractivity (Wildman–Crippen MR) is 107 cm³/mol. The van der Waals surface area contributed by atoms with Gasteiger partial charge in [0.15, 0.2) is 0 Å². The summed E-state index contributed by atoms with van der Waals surface area (Å²) in [6, 6.07) is 7.84. The largest absolute Gasteiger partial charge is 0.444 e. The van der Waals surface area contributed by atoms with Gasteiger partial charge >= 0.3 is 6.09 Å². The zero-order valence-corrected chi connectivity index (χ0v) is 17.4. The lowest BCUT2D eigenvalue weighted by molar-refractivity contribution is -0.125. The summed E-state index contributed by atoms with van der Waals surface area (Å²) >= 11 is 3.23. The molecule has 0 saturated carbocycles. The van der Waals surface area contributed by atoms with Crippen molar-refractivity contribution in [2.75, 3.05) is 13.6 Å². The minimum absolute atomic E-state index is 0.0905. The molecular weight excluding hydrogens is 368 g/mol. The average molecular weight is 395 g/mol. The molecule has 0 radical (unpaired) electrons. The second-order valence-electron chi connectivity index (χ2n) is 7.23. The first-order valence-electron chi connectivity index (χ1n) is 8.48. The van der Waals surface area contributed by atoms with E-state index in [1.54, 1.807) is 29.7 Å². The number of thiophene rings is 2. The molecule has 0 aliphatic carbocycles. The average Bonchev–Trinajstić information content (AvgIpc) is 3.24. The van der Waals surface area contributed by atoms with Crippen molar-refractivity contribution in [3.05, 3.63) is 44.8 Å². The van der Waals surface area contributed by atoms with Crippen molar-refractivity contribution in [2.24, 2.45) is 5.92 Å². The third-order valence-corrected chi connectivity index (χ3v) is 5.52. The van der Waals surface area contributed by atoms with Gasteiger partial charge in [-0.2, -0.15) is 0 Å². The fourth-order valence-corrected chi connectivity index (χ4v) is 4.05. The Balaban J connectivity index is 1.99. The minimum atomic E-state index is -0.555. The normalized spacial score (nSPS) is 12.7. The fourth-order valence-electron chi connectivity index (χ4n) is 2.39. The van der Waals surface area contributed by atoms with E-state index in [2.05, 4.69) is 5.32 Å². The van der Waals surface area contributed by atoms with E-state index < -0.39 is 11.7 Å². The molecule has 0 saturated heterocycles. The standard InChI is InChI=1S/C19H26N2O3S2/c1-13(12-21(5)18(23)24-19(2,3)4)17(22)20-16(14-8-6-10-25-14)15-9-7-11-26-15/h6-11,13,16H,12H2,1-5H3,(H,20,22)/t13-/m1/s1. The zero-order valence-electron chi connectivity index (χ0n) is 15.8. The third-order valence-electron chi connectivity index (χ3n) is 3.64. The van der Waals surface area contributed by atoms with Crippen LogP contribution in [0.3, 0.4) is 0 Å². The number of hydrogen-bond donors (Lipinski definition) is 1. The number of nitrogens with zero attached hydrogens (tertiary/aromatic N) is 1. The van der Waals surface area contributed by atoms with Gasteiger partial charge in [0.1, 0.15) is 5.60 Å². The minimum Gasteiger partial charge on any atom is -0.444 e. The third kappa shape index (κ3) is 5.85. The first kappa shape index (κ1) is 20.5. The van der Waals surface area contributed by atoms with Crippen LogP contribution in [0.25, 0.3) is 0 Å². The molecule has 0 unspecified atom stereocenters. The van der Waals surface area contributed by atoms with Gasteiger partial charge in [0.05, 0.1) is 12.0 Å². The number of hydrogen-bond acceptors (Lipinski definition) is 5. The lowest BCUT2D eigenvalue weighted by Crippen LogP contribution is -2.41. The summed E-state index contributed by atoms with van der Waals surface area (Å²) in [5.41, 5.74) is -0.555. The molecule has 142 valence electrons. The van der Waals surface area contributed by atoms with E-state index >= 15 is 0 Å². The summed E-state index contributed by atoms with van der Waals surface area (Å²) in [6.45, 7) is 7.57. The van der Waals surface area contributed by atoms with Crippen molar-refractivity contribution in [3.8, 4) is 0 Å². The number of amides is 2. The number of carbonyl (C=O) groups is 2. The van der Waals surface area contributed by atoms with E-state index in [4.69, 9.17) is 4.74 Å². The van der Waals surface area contributed by atoms with Crippen LogP contribution in [-0.2, 0) is 9.53 Å². The van der Waals surface area contributed by atoms with Gasteiger partial charge in [-0.3, -0.25) is 4.79 Å². The van der Waals surface area contributed by atoms with E-state index in [9.17, 15) is 9.59 Å². The van der Waals surface area contributed by atoms with E-state index in [0.717, 1.165) is 9.75 Å². The summed E-state index contributed by atoms with van der Waals surface area (Å²) in [4.78, 5) is 28.4. The van der Waals surface area contributed by atoms with Gasteiger partial charge in [0.2, 0.25) is 5.91 Å². The second kappa shape index (κ2) is 8.68. The molecule has 0 fully saturated rings. The molecule has 2 aromatic heterocycles. The highest BCUT2D eigenvalue weighted by Crippen LogP contribution is 2.29. The Morgan fingerprint density at radius 2 is 1.69 bits per heavy atom. The quantitative estimate of drug-likeness (QED) is 0.784. The first-order chi connectivity index (χ1) is 12.2. The zero-order chi connectivity index (χ0) is 19.3. The van der Waals surface area contributed by atoms with Crippen LogP contribution in [0.2, 0.25) is 0 Å². The molecule has 0 aromatic carbocycles. The summed E-state index contributed by atoms with van der Waals surface area (Å²) < 4.78 is 5.34. The van der Waals surface area contributed by atoms with Crippen molar-refractivity contribution in [3.63, 3.8) is 0 Å². The Bertz CT molecular complexity index is 671. The second-order valence-corrected chi connectivity index (χ2v) is 9.19. The van der Waals surface area contributed by atoms with E-state index in [-0.39, 0.29) is 17.9 Å². The van der Waals surface area contributed by atoms with Crippen LogP contribution in [0, 0.1) is 5.92 Å². The molecule has 2 rings (SSSR count). The SMILES string of the molecule is C[C@H](CN(C)C(=O)OC(C)(C)C)C(=O)NC(c1cccs1)c1cccs1. The van der Waals surface area contributed by atoms with Crippen LogP contribution in [0.4, 0.5) is 4.79 Å². The molecule has 0 aliphatic rings. The van der Waals surface area contributed by atoms with Gasteiger partial charge in [-0.15, -0.1) is 22.7 Å². The van der Waals surface area contributed by atoms with Crippen LogP contribution in [0.1, 0.15) is 43.5 Å². The van der Waals surface area contributed by atoms with Gasteiger partial charge in [-0.05, 0) is 43.7 Å². The molecule has 1 atom stereocenters. The Morgan fingerprint density at radius 1 is 1.15 bits per heavy atom. The van der Waals surface area contributed by atoms with Crippen LogP contribution < -0.4 is 5.32 Å². The van der Waals surface area contributed by atoms with Crippen LogP contribution in [0.15, 0.2) is 35.0 Å². The topological polar surface area (TPSA) is 58.6 Å². The Morgan fingerprint density at radius 3 is 2.12 bits per heavy atom. The lowest BCUT2D eigenvalue weighted by atomic mass is 10.1. The fraction of sp³-hybridized carbons (Fsp3) is 0.474. The molecule has 2 amide bonds. The van der Waals surface area contributed by atoms with Gasteiger partial charge < -0.3 is 15.0 Å². The molecule has 7 heteroatoms. The van der Waals surface area contributed by atoms with Crippen molar-refractivity contribution in [2.45, 2.75) is 39.3 Å². The Labute approximate surface area is 163 Å². The molecule has 26 heavy (non-hydrogen) atoms. The molecule has 1 N–H and O–H groups in total. The molecule has 2 aromatic rings.